The van der Waals surface area contributed by atoms with Gasteiger partial charge in [0.1, 0.15) is 0 Å². The van der Waals surface area contributed by atoms with Crippen LogP contribution in [0.1, 0.15) is 29.9 Å². The third-order valence-corrected chi connectivity index (χ3v) is 3.61. The second-order valence-corrected chi connectivity index (χ2v) is 5.08. The Balaban J connectivity index is 2.31. The maximum atomic E-state index is 13.9. The SMILES string of the molecule is Cc1nn(C)c(C)c1C(C)Nc1cccc(Cl)c1F. The zero-order chi connectivity index (χ0) is 14.2. The van der Waals surface area contributed by atoms with Gasteiger partial charge in [0.05, 0.1) is 22.4 Å². The van der Waals surface area contributed by atoms with Crippen LogP contribution in [0.4, 0.5) is 10.1 Å². The van der Waals surface area contributed by atoms with Gasteiger partial charge in [0, 0.05) is 18.3 Å². The number of anilines is 1. The van der Waals surface area contributed by atoms with Crippen molar-refractivity contribution >= 4 is 17.3 Å². The van der Waals surface area contributed by atoms with E-state index in [4.69, 9.17) is 11.6 Å². The molecule has 0 aliphatic carbocycles. The van der Waals surface area contributed by atoms with E-state index in [1.807, 2.05) is 32.5 Å². The molecule has 0 aliphatic heterocycles. The van der Waals surface area contributed by atoms with E-state index in [-0.39, 0.29) is 11.1 Å². The molecule has 0 spiro atoms. The van der Waals surface area contributed by atoms with Crippen LogP contribution in [-0.2, 0) is 7.05 Å². The molecular formula is C14H17ClFN3. The second-order valence-electron chi connectivity index (χ2n) is 4.68. The van der Waals surface area contributed by atoms with Crippen LogP contribution in [0.25, 0.3) is 0 Å². The zero-order valence-corrected chi connectivity index (χ0v) is 12.2. The summed E-state index contributed by atoms with van der Waals surface area (Å²) in [5.41, 5.74) is 3.51. The molecule has 1 N–H and O–H groups in total. The molecule has 0 fully saturated rings. The van der Waals surface area contributed by atoms with Gasteiger partial charge >= 0.3 is 0 Å². The summed E-state index contributed by atoms with van der Waals surface area (Å²) in [6, 6.07) is 4.90. The summed E-state index contributed by atoms with van der Waals surface area (Å²) >= 11 is 5.78. The first-order chi connectivity index (χ1) is 8.91. The number of halogens is 2. The lowest BCUT2D eigenvalue weighted by molar-refractivity contribution is 0.627. The topological polar surface area (TPSA) is 29.9 Å². The summed E-state index contributed by atoms with van der Waals surface area (Å²) in [6.07, 6.45) is 0. The Morgan fingerprint density at radius 2 is 2.05 bits per heavy atom. The van der Waals surface area contributed by atoms with Gasteiger partial charge in [-0.1, -0.05) is 17.7 Å². The van der Waals surface area contributed by atoms with Crippen molar-refractivity contribution < 1.29 is 4.39 Å². The molecule has 1 atom stereocenters. The minimum Gasteiger partial charge on any atom is -0.376 e. The van der Waals surface area contributed by atoms with Crippen LogP contribution in [0.2, 0.25) is 5.02 Å². The van der Waals surface area contributed by atoms with Gasteiger partial charge < -0.3 is 5.32 Å². The summed E-state index contributed by atoms with van der Waals surface area (Å²) in [4.78, 5) is 0. The summed E-state index contributed by atoms with van der Waals surface area (Å²) in [5.74, 6) is -0.421. The van der Waals surface area contributed by atoms with E-state index < -0.39 is 5.82 Å². The molecule has 1 unspecified atom stereocenters. The minimum absolute atomic E-state index is 0.0401. The predicted molar refractivity (Wildman–Crippen MR) is 76.1 cm³/mol. The molecule has 3 nitrogen and oxygen atoms in total. The van der Waals surface area contributed by atoms with Crippen molar-refractivity contribution in [2.45, 2.75) is 26.8 Å². The van der Waals surface area contributed by atoms with Crippen molar-refractivity contribution in [2.24, 2.45) is 7.05 Å². The van der Waals surface area contributed by atoms with Gasteiger partial charge in [-0.25, -0.2) is 4.39 Å². The Hall–Kier alpha value is -1.55. The number of benzene rings is 1. The molecule has 1 aromatic heterocycles. The maximum Gasteiger partial charge on any atom is 0.164 e. The molecule has 2 aromatic rings. The standard InChI is InChI=1S/C14H17ClFN3/c1-8(13-9(2)18-19(4)10(13)3)17-12-7-5-6-11(15)14(12)16/h5-8,17H,1-4H3. The minimum atomic E-state index is -0.421. The molecule has 5 heteroatoms. The normalized spacial score (nSPS) is 12.5. The predicted octanol–water partition coefficient (Wildman–Crippen LogP) is 4.00. The van der Waals surface area contributed by atoms with E-state index in [1.54, 1.807) is 12.1 Å². The molecule has 0 saturated heterocycles. The van der Waals surface area contributed by atoms with Crippen molar-refractivity contribution in [2.75, 3.05) is 5.32 Å². The molecule has 1 aromatic carbocycles. The third-order valence-electron chi connectivity index (χ3n) is 3.32. The van der Waals surface area contributed by atoms with Gasteiger partial charge in [-0.2, -0.15) is 5.10 Å². The van der Waals surface area contributed by atoms with Crippen LogP contribution in [0, 0.1) is 19.7 Å². The first kappa shape index (κ1) is 13.9. The quantitative estimate of drug-likeness (QED) is 0.921. The van der Waals surface area contributed by atoms with Crippen molar-refractivity contribution in [3.05, 3.63) is 46.0 Å². The first-order valence-corrected chi connectivity index (χ1v) is 6.50. The average Bonchev–Trinajstić information content (AvgIpc) is 2.59. The third kappa shape index (κ3) is 2.59. The molecule has 2 rings (SSSR count). The van der Waals surface area contributed by atoms with E-state index in [2.05, 4.69) is 10.4 Å². The summed E-state index contributed by atoms with van der Waals surface area (Å²) in [5, 5.41) is 7.64. The molecule has 0 radical (unpaired) electrons. The molecule has 0 amide bonds. The molecule has 0 bridgehead atoms. The van der Waals surface area contributed by atoms with E-state index in [0.717, 1.165) is 17.0 Å². The van der Waals surface area contributed by atoms with Crippen molar-refractivity contribution in [3.8, 4) is 0 Å². The highest BCUT2D eigenvalue weighted by Crippen LogP contribution is 2.28. The van der Waals surface area contributed by atoms with Gasteiger partial charge in [-0.05, 0) is 32.9 Å². The van der Waals surface area contributed by atoms with Crippen LogP contribution < -0.4 is 5.32 Å². The van der Waals surface area contributed by atoms with Crippen LogP contribution in [-0.4, -0.2) is 9.78 Å². The second kappa shape index (κ2) is 5.21. The smallest absolute Gasteiger partial charge is 0.164 e. The fourth-order valence-electron chi connectivity index (χ4n) is 2.34. The molecular weight excluding hydrogens is 265 g/mol. The maximum absolute atomic E-state index is 13.9. The van der Waals surface area contributed by atoms with Crippen LogP contribution >= 0.6 is 11.6 Å². The van der Waals surface area contributed by atoms with Crippen LogP contribution in [0.15, 0.2) is 18.2 Å². The number of nitrogens with one attached hydrogen (secondary N) is 1. The van der Waals surface area contributed by atoms with Gasteiger partial charge in [0.25, 0.3) is 0 Å². The molecule has 19 heavy (non-hydrogen) atoms. The number of aromatic nitrogens is 2. The number of nitrogens with zero attached hydrogens (tertiary/aromatic N) is 2. The lowest BCUT2D eigenvalue weighted by Gasteiger charge is -2.17. The molecule has 0 saturated carbocycles. The fourth-order valence-corrected chi connectivity index (χ4v) is 2.51. The van der Waals surface area contributed by atoms with Gasteiger partial charge in [-0.15, -0.1) is 0 Å². The Morgan fingerprint density at radius 1 is 1.37 bits per heavy atom. The summed E-state index contributed by atoms with van der Waals surface area (Å²) in [7, 11) is 1.90. The average molecular weight is 282 g/mol. The van der Waals surface area contributed by atoms with Crippen molar-refractivity contribution in [1.82, 2.24) is 9.78 Å². The largest absolute Gasteiger partial charge is 0.376 e. The van der Waals surface area contributed by atoms with Crippen molar-refractivity contribution in [3.63, 3.8) is 0 Å². The van der Waals surface area contributed by atoms with E-state index >= 15 is 0 Å². The monoisotopic (exact) mass is 281 g/mol. The number of aryl methyl sites for hydroxylation is 2. The Morgan fingerprint density at radius 3 is 2.63 bits per heavy atom. The highest BCUT2D eigenvalue weighted by molar-refractivity contribution is 6.31. The van der Waals surface area contributed by atoms with Crippen molar-refractivity contribution in [1.29, 1.82) is 0 Å². The van der Waals surface area contributed by atoms with E-state index in [0.29, 0.717) is 5.69 Å². The number of hydrogen-bond donors (Lipinski definition) is 1. The van der Waals surface area contributed by atoms with E-state index in [1.165, 1.54) is 6.07 Å². The van der Waals surface area contributed by atoms with Gasteiger partial charge in [-0.3, -0.25) is 4.68 Å². The summed E-state index contributed by atoms with van der Waals surface area (Å²) < 4.78 is 15.7. The Labute approximate surface area is 117 Å². The van der Waals surface area contributed by atoms with E-state index in [9.17, 15) is 4.39 Å². The highest BCUT2D eigenvalue weighted by Gasteiger charge is 2.17. The number of hydrogen-bond acceptors (Lipinski definition) is 2. The molecule has 1 heterocycles. The number of rotatable bonds is 3. The molecule has 102 valence electrons. The van der Waals surface area contributed by atoms with Crippen LogP contribution in [0.5, 0.6) is 0 Å². The Bertz CT molecular complexity index is 607. The first-order valence-electron chi connectivity index (χ1n) is 6.12. The fraction of sp³-hybridized carbons (Fsp3) is 0.357. The Kier molecular flexibility index (Phi) is 3.80. The lowest BCUT2D eigenvalue weighted by Crippen LogP contribution is -2.10. The van der Waals surface area contributed by atoms with Gasteiger partial charge in [0.2, 0.25) is 0 Å². The zero-order valence-electron chi connectivity index (χ0n) is 11.5. The lowest BCUT2D eigenvalue weighted by atomic mass is 10.1. The van der Waals surface area contributed by atoms with Gasteiger partial charge in [0.15, 0.2) is 5.82 Å². The summed E-state index contributed by atoms with van der Waals surface area (Å²) in [6.45, 7) is 5.94. The highest BCUT2D eigenvalue weighted by atomic mass is 35.5. The van der Waals surface area contributed by atoms with Crippen LogP contribution in [0.3, 0.4) is 0 Å². The molecule has 0 aliphatic rings.